The van der Waals surface area contributed by atoms with Crippen LogP contribution in [0.1, 0.15) is 37.1 Å². The topological polar surface area (TPSA) is 87.7 Å². The van der Waals surface area contributed by atoms with Crippen molar-refractivity contribution in [1.29, 1.82) is 0 Å². The minimum Gasteiger partial charge on any atom is -0.497 e. The molecule has 2 fully saturated rings. The van der Waals surface area contributed by atoms with E-state index in [1.54, 1.807) is 12.0 Å². The average molecular weight is 424 g/mol. The van der Waals surface area contributed by atoms with Gasteiger partial charge in [0.05, 0.1) is 25.3 Å². The summed E-state index contributed by atoms with van der Waals surface area (Å²) in [6.07, 6.45) is 3.77. The lowest BCUT2D eigenvalue weighted by Gasteiger charge is -2.27. The molecule has 0 saturated carbocycles. The van der Waals surface area contributed by atoms with Crippen molar-refractivity contribution >= 4 is 23.5 Å². The number of hydrogen-bond donors (Lipinski definition) is 1. The number of carbonyl (C=O) groups is 2. The van der Waals surface area contributed by atoms with Gasteiger partial charge in [-0.15, -0.1) is 0 Å². The summed E-state index contributed by atoms with van der Waals surface area (Å²) in [5, 5.41) is 2.96. The number of ether oxygens (including phenoxy) is 1. The lowest BCUT2D eigenvalue weighted by molar-refractivity contribution is -0.126. The Morgan fingerprint density at radius 1 is 1.16 bits per heavy atom. The van der Waals surface area contributed by atoms with Gasteiger partial charge in [-0.1, -0.05) is 0 Å². The summed E-state index contributed by atoms with van der Waals surface area (Å²) in [5.74, 6) is 0.925. The second-order valence-corrected chi connectivity index (χ2v) is 8.17. The molecule has 1 aromatic heterocycles. The SMILES string of the molecule is COc1ccc(N2CC(C(=O)NCc3cc(C)nc(N4CCCCC4)n3)CC2=O)cc1. The van der Waals surface area contributed by atoms with Gasteiger partial charge in [0.25, 0.3) is 0 Å². The zero-order chi connectivity index (χ0) is 21.8. The smallest absolute Gasteiger partial charge is 0.227 e. The number of piperidine rings is 1. The zero-order valence-corrected chi connectivity index (χ0v) is 18.1. The van der Waals surface area contributed by atoms with Gasteiger partial charge in [-0.3, -0.25) is 9.59 Å². The Kier molecular flexibility index (Phi) is 6.34. The third-order valence-electron chi connectivity index (χ3n) is 5.86. The molecule has 2 aliphatic heterocycles. The number of hydrogen-bond acceptors (Lipinski definition) is 6. The van der Waals surface area contributed by atoms with E-state index < -0.39 is 0 Å². The van der Waals surface area contributed by atoms with Crippen molar-refractivity contribution in [1.82, 2.24) is 15.3 Å². The van der Waals surface area contributed by atoms with Crippen LogP contribution >= 0.6 is 0 Å². The Balaban J connectivity index is 1.36. The molecular formula is C23H29N5O3. The number of aryl methyl sites for hydroxylation is 1. The third kappa shape index (κ3) is 4.95. The summed E-state index contributed by atoms with van der Waals surface area (Å²) in [6.45, 7) is 4.60. The van der Waals surface area contributed by atoms with Gasteiger partial charge in [0.1, 0.15) is 5.75 Å². The fourth-order valence-electron chi connectivity index (χ4n) is 4.16. The maximum absolute atomic E-state index is 12.7. The predicted molar refractivity (Wildman–Crippen MR) is 118 cm³/mol. The molecule has 0 spiro atoms. The molecule has 4 rings (SSSR count). The van der Waals surface area contributed by atoms with Gasteiger partial charge < -0.3 is 19.9 Å². The average Bonchev–Trinajstić information content (AvgIpc) is 3.19. The number of methoxy groups -OCH3 is 1. The second-order valence-electron chi connectivity index (χ2n) is 8.17. The van der Waals surface area contributed by atoms with E-state index in [2.05, 4.69) is 20.2 Å². The van der Waals surface area contributed by atoms with Crippen molar-refractivity contribution in [2.75, 3.05) is 36.5 Å². The summed E-state index contributed by atoms with van der Waals surface area (Å²) < 4.78 is 5.17. The number of rotatable bonds is 6. The maximum Gasteiger partial charge on any atom is 0.227 e. The minimum atomic E-state index is -0.376. The molecule has 1 atom stereocenters. The summed E-state index contributed by atoms with van der Waals surface area (Å²) in [4.78, 5) is 38.3. The molecule has 1 N–H and O–H groups in total. The van der Waals surface area contributed by atoms with Gasteiger partial charge in [-0.05, 0) is 56.5 Å². The molecule has 1 aromatic carbocycles. The molecule has 164 valence electrons. The quantitative estimate of drug-likeness (QED) is 0.768. The summed E-state index contributed by atoms with van der Waals surface area (Å²) >= 11 is 0. The second kappa shape index (κ2) is 9.32. The molecule has 0 aliphatic carbocycles. The lowest BCUT2D eigenvalue weighted by atomic mass is 10.1. The van der Waals surface area contributed by atoms with Gasteiger partial charge in [0.15, 0.2) is 0 Å². The van der Waals surface area contributed by atoms with Crippen molar-refractivity contribution in [3.8, 4) is 5.75 Å². The van der Waals surface area contributed by atoms with Crippen molar-refractivity contribution in [2.45, 2.75) is 39.2 Å². The molecule has 8 nitrogen and oxygen atoms in total. The van der Waals surface area contributed by atoms with E-state index in [-0.39, 0.29) is 24.2 Å². The van der Waals surface area contributed by atoms with Gasteiger partial charge in [0.2, 0.25) is 17.8 Å². The van der Waals surface area contributed by atoms with Gasteiger partial charge in [-0.2, -0.15) is 0 Å². The summed E-state index contributed by atoms with van der Waals surface area (Å²) in [5.41, 5.74) is 2.46. The van der Waals surface area contributed by atoms with E-state index >= 15 is 0 Å². The predicted octanol–water partition coefficient (Wildman–Crippen LogP) is 2.45. The highest BCUT2D eigenvalue weighted by Crippen LogP contribution is 2.27. The van der Waals surface area contributed by atoms with Crippen LogP contribution in [-0.2, 0) is 16.1 Å². The molecule has 0 bridgehead atoms. The molecule has 0 radical (unpaired) electrons. The molecule has 1 unspecified atom stereocenters. The number of amides is 2. The molecule has 2 aliphatic rings. The van der Waals surface area contributed by atoms with E-state index in [0.29, 0.717) is 13.1 Å². The van der Waals surface area contributed by atoms with Crippen molar-refractivity contribution in [3.05, 3.63) is 41.7 Å². The molecule has 3 heterocycles. The Morgan fingerprint density at radius 2 is 1.90 bits per heavy atom. The molecular weight excluding hydrogens is 394 g/mol. The highest BCUT2D eigenvalue weighted by atomic mass is 16.5. The fourth-order valence-corrected chi connectivity index (χ4v) is 4.16. The Hall–Kier alpha value is -3.16. The van der Waals surface area contributed by atoms with Gasteiger partial charge in [-0.25, -0.2) is 9.97 Å². The number of carbonyl (C=O) groups excluding carboxylic acids is 2. The third-order valence-corrected chi connectivity index (χ3v) is 5.86. The number of benzene rings is 1. The van der Waals surface area contributed by atoms with Crippen LogP contribution in [0.2, 0.25) is 0 Å². The maximum atomic E-state index is 12.7. The summed E-state index contributed by atoms with van der Waals surface area (Å²) in [6, 6.07) is 9.20. The molecule has 31 heavy (non-hydrogen) atoms. The van der Waals surface area contributed by atoms with E-state index in [9.17, 15) is 9.59 Å². The number of aromatic nitrogens is 2. The van der Waals surface area contributed by atoms with E-state index in [1.807, 2.05) is 37.3 Å². The van der Waals surface area contributed by atoms with Crippen LogP contribution in [0.25, 0.3) is 0 Å². The van der Waals surface area contributed by atoms with Crippen LogP contribution in [0.3, 0.4) is 0 Å². The first-order chi connectivity index (χ1) is 15.0. The van der Waals surface area contributed by atoms with Crippen LogP contribution in [0.15, 0.2) is 30.3 Å². The highest BCUT2D eigenvalue weighted by molar-refractivity contribution is 6.00. The van der Waals surface area contributed by atoms with E-state index in [4.69, 9.17) is 4.74 Å². The van der Waals surface area contributed by atoms with Crippen molar-refractivity contribution in [2.24, 2.45) is 5.92 Å². The van der Waals surface area contributed by atoms with Gasteiger partial charge in [0, 0.05) is 37.4 Å². The van der Waals surface area contributed by atoms with Crippen LogP contribution in [-0.4, -0.2) is 48.5 Å². The van der Waals surface area contributed by atoms with E-state index in [0.717, 1.165) is 54.7 Å². The molecule has 8 heteroatoms. The number of anilines is 2. The normalized spacial score (nSPS) is 18.9. The van der Waals surface area contributed by atoms with Crippen LogP contribution in [0, 0.1) is 12.8 Å². The molecule has 2 amide bonds. The Morgan fingerprint density at radius 3 is 2.61 bits per heavy atom. The highest BCUT2D eigenvalue weighted by Gasteiger charge is 2.35. The monoisotopic (exact) mass is 423 g/mol. The van der Waals surface area contributed by atoms with Crippen LogP contribution < -0.4 is 19.9 Å². The van der Waals surface area contributed by atoms with Crippen molar-refractivity contribution in [3.63, 3.8) is 0 Å². The number of nitrogens with one attached hydrogen (secondary N) is 1. The largest absolute Gasteiger partial charge is 0.497 e. The Labute approximate surface area is 182 Å². The standard InChI is InChI=1S/C23H29N5O3/c1-16-12-18(26-23(25-16)27-10-4-3-5-11-27)14-24-22(30)17-13-21(29)28(15-17)19-6-8-20(31-2)9-7-19/h6-9,12,17H,3-5,10-11,13-15H2,1-2H3,(H,24,30). The van der Waals surface area contributed by atoms with Crippen molar-refractivity contribution < 1.29 is 14.3 Å². The first kappa shape index (κ1) is 21.1. The first-order valence-corrected chi connectivity index (χ1v) is 10.8. The Bertz CT molecular complexity index is 941. The fraction of sp³-hybridized carbons (Fsp3) is 0.478. The lowest BCUT2D eigenvalue weighted by Crippen LogP contribution is -2.34. The first-order valence-electron chi connectivity index (χ1n) is 10.8. The van der Waals surface area contributed by atoms with E-state index in [1.165, 1.54) is 6.42 Å². The zero-order valence-electron chi connectivity index (χ0n) is 18.1. The summed E-state index contributed by atoms with van der Waals surface area (Å²) in [7, 11) is 1.60. The molecule has 2 saturated heterocycles. The minimum absolute atomic E-state index is 0.0458. The van der Waals surface area contributed by atoms with Gasteiger partial charge >= 0.3 is 0 Å². The number of nitrogens with zero attached hydrogens (tertiary/aromatic N) is 4. The van der Waals surface area contributed by atoms with Crippen LogP contribution in [0.4, 0.5) is 11.6 Å². The van der Waals surface area contributed by atoms with Crippen LogP contribution in [0.5, 0.6) is 5.75 Å². The molecule has 2 aromatic rings.